The van der Waals surface area contributed by atoms with E-state index in [1.54, 1.807) is 0 Å². The number of carbonyl (C=O) groups is 1. The zero-order valence-corrected chi connectivity index (χ0v) is 11.6. The predicted octanol–water partition coefficient (Wildman–Crippen LogP) is 1.45. The van der Waals surface area contributed by atoms with Gasteiger partial charge in [-0.15, -0.1) is 0 Å². The van der Waals surface area contributed by atoms with Gasteiger partial charge < -0.3 is 5.11 Å². The van der Waals surface area contributed by atoms with Gasteiger partial charge in [-0.3, -0.25) is 9.69 Å². The molecule has 19 heavy (non-hydrogen) atoms. The minimum absolute atomic E-state index is 0.0574. The predicted molar refractivity (Wildman–Crippen MR) is 70.5 cm³/mol. The molecule has 0 aromatic heterocycles. The third-order valence-corrected chi connectivity index (χ3v) is 7.60. The van der Waals surface area contributed by atoms with Gasteiger partial charge >= 0.3 is 0 Å². The summed E-state index contributed by atoms with van der Waals surface area (Å²) in [6.45, 7) is 4.13. The van der Waals surface area contributed by atoms with E-state index in [-0.39, 0.29) is 17.1 Å². The fourth-order valence-electron chi connectivity index (χ4n) is 7.49. The molecule has 2 heterocycles. The summed E-state index contributed by atoms with van der Waals surface area (Å²) in [4.78, 5) is 14.7. The van der Waals surface area contributed by atoms with E-state index in [9.17, 15) is 9.90 Å². The summed E-state index contributed by atoms with van der Waals surface area (Å²) in [5.41, 5.74) is 0.143. The highest BCUT2D eigenvalue weighted by atomic mass is 16.3. The van der Waals surface area contributed by atoms with Gasteiger partial charge in [0, 0.05) is 23.9 Å². The third kappa shape index (κ3) is 0.964. The molecule has 1 spiro atoms. The minimum Gasteiger partial charge on any atom is -0.392 e. The molecule has 0 aromatic carbocycles. The number of carbonyl (C=O) groups excluding carboxylic acids is 1. The first-order chi connectivity index (χ1) is 9.08. The van der Waals surface area contributed by atoms with Gasteiger partial charge in [0.2, 0.25) is 0 Å². The molecule has 2 aliphatic heterocycles. The summed E-state index contributed by atoms with van der Waals surface area (Å²) in [6, 6.07) is 0. The smallest absolute Gasteiger partial charge is 0.147 e. The first kappa shape index (κ1) is 11.3. The van der Waals surface area contributed by atoms with Crippen molar-refractivity contribution >= 4 is 5.78 Å². The van der Waals surface area contributed by atoms with Gasteiger partial charge in [0.05, 0.1) is 12.6 Å². The van der Waals surface area contributed by atoms with E-state index in [1.165, 1.54) is 19.3 Å². The average Bonchev–Trinajstić information content (AvgIpc) is 2.62. The first-order valence-corrected chi connectivity index (χ1v) is 8.03. The number of aliphatic hydroxyl groups is 1. The Labute approximate surface area is 114 Å². The molecule has 104 valence electrons. The first-order valence-electron chi connectivity index (χ1n) is 8.03. The van der Waals surface area contributed by atoms with Crippen molar-refractivity contribution in [3.05, 3.63) is 0 Å². The molecule has 3 saturated carbocycles. The fourth-order valence-corrected chi connectivity index (χ4v) is 7.49. The quantitative estimate of drug-likeness (QED) is 0.717. The van der Waals surface area contributed by atoms with Crippen LogP contribution in [0.25, 0.3) is 0 Å². The SMILES string of the molecule is C[C@H]1C[C@H]2C[C@H](O)[C@]34CC(=O)CN5C[C@H]3C[C@H]2[C@@]54C1. The van der Waals surface area contributed by atoms with Crippen molar-refractivity contribution in [3.8, 4) is 0 Å². The summed E-state index contributed by atoms with van der Waals surface area (Å²) < 4.78 is 0. The summed E-state index contributed by atoms with van der Waals surface area (Å²) in [5.74, 6) is 3.23. The number of nitrogens with zero attached hydrogens (tertiary/aromatic N) is 1. The lowest BCUT2D eigenvalue weighted by molar-refractivity contribution is -0.180. The van der Waals surface area contributed by atoms with Crippen LogP contribution in [0, 0.1) is 29.1 Å². The lowest BCUT2D eigenvalue weighted by Gasteiger charge is -2.63. The Bertz CT molecular complexity index is 477. The van der Waals surface area contributed by atoms with Crippen molar-refractivity contribution in [2.75, 3.05) is 13.1 Å². The summed E-state index contributed by atoms with van der Waals surface area (Å²) in [5, 5.41) is 10.9. The maximum Gasteiger partial charge on any atom is 0.147 e. The Balaban J connectivity index is 1.75. The Morgan fingerprint density at radius 2 is 2.16 bits per heavy atom. The molecule has 0 aromatic rings. The van der Waals surface area contributed by atoms with Gasteiger partial charge in [-0.05, 0) is 49.4 Å². The lowest BCUT2D eigenvalue weighted by Crippen LogP contribution is -2.70. The molecule has 1 unspecified atom stereocenters. The van der Waals surface area contributed by atoms with Crippen LogP contribution < -0.4 is 0 Å². The van der Waals surface area contributed by atoms with Gasteiger partial charge in [-0.2, -0.15) is 0 Å². The molecular weight excluding hydrogens is 238 g/mol. The van der Waals surface area contributed by atoms with E-state index in [0.29, 0.717) is 30.6 Å². The van der Waals surface area contributed by atoms with Crippen LogP contribution in [0.5, 0.6) is 0 Å². The zero-order valence-electron chi connectivity index (χ0n) is 11.6. The van der Waals surface area contributed by atoms with Crippen molar-refractivity contribution in [1.82, 2.24) is 4.90 Å². The molecule has 5 fully saturated rings. The number of hydrogen-bond acceptors (Lipinski definition) is 3. The van der Waals surface area contributed by atoms with E-state index >= 15 is 0 Å². The van der Waals surface area contributed by atoms with Gasteiger partial charge in [0.1, 0.15) is 5.78 Å². The van der Waals surface area contributed by atoms with E-state index in [1.807, 2.05) is 0 Å². The highest BCUT2D eigenvalue weighted by Gasteiger charge is 2.79. The standard InChI is InChI=1S/C16H23NO2/c1-9-2-10-3-14(19)15-6-12(18)8-17-7-11(15)4-13(10)16(15,17)5-9/h9-11,13-14,19H,2-8H2,1H3/t9-,10-,11+,13+,14-,15-,16+/m0/s1. The molecular formula is C16H23NO2. The number of aliphatic hydroxyl groups excluding tert-OH is 1. The van der Waals surface area contributed by atoms with Gasteiger partial charge in [-0.25, -0.2) is 0 Å². The molecule has 3 nitrogen and oxygen atoms in total. The normalized spacial score (nSPS) is 65.5. The number of hydrogen-bond donors (Lipinski definition) is 1. The van der Waals surface area contributed by atoms with Crippen molar-refractivity contribution < 1.29 is 9.90 Å². The van der Waals surface area contributed by atoms with Crippen LogP contribution in [0.3, 0.4) is 0 Å². The highest BCUT2D eigenvalue weighted by Crippen LogP contribution is 2.75. The van der Waals surface area contributed by atoms with Crippen molar-refractivity contribution in [3.63, 3.8) is 0 Å². The Hall–Kier alpha value is -0.410. The molecule has 2 saturated heterocycles. The Morgan fingerprint density at radius 3 is 3.00 bits per heavy atom. The number of piperidine rings is 2. The van der Waals surface area contributed by atoms with Gasteiger partial charge in [0.15, 0.2) is 0 Å². The van der Waals surface area contributed by atoms with E-state index in [0.717, 1.165) is 24.8 Å². The van der Waals surface area contributed by atoms with Crippen LogP contribution in [0.1, 0.15) is 39.0 Å². The molecule has 8 atom stereocenters. The van der Waals surface area contributed by atoms with Crippen LogP contribution in [0.15, 0.2) is 0 Å². The highest BCUT2D eigenvalue weighted by molar-refractivity contribution is 5.83. The molecule has 1 N–H and O–H groups in total. The Kier molecular flexibility index (Phi) is 1.83. The number of Topliss-reactive ketones (excluding diaryl/α,β-unsaturated/α-hetero) is 1. The maximum absolute atomic E-state index is 12.2. The minimum atomic E-state index is -0.219. The van der Waals surface area contributed by atoms with Crippen LogP contribution >= 0.6 is 0 Å². The average molecular weight is 261 g/mol. The van der Waals surface area contributed by atoms with Crippen LogP contribution in [-0.4, -0.2) is 40.5 Å². The van der Waals surface area contributed by atoms with Crippen molar-refractivity contribution in [2.45, 2.75) is 50.7 Å². The molecule has 3 heteroatoms. The van der Waals surface area contributed by atoms with Crippen molar-refractivity contribution in [1.29, 1.82) is 0 Å². The number of ketones is 1. The molecule has 5 aliphatic rings. The second kappa shape index (κ2) is 3.09. The molecule has 0 radical (unpaired) electrons. The summed E-state index contributed by atoms with van der Waals surface area (Å²) >= 11 is 0. The van der Waals surface area contributed by atoms with Gasteiger partial charge in [-0.1, -0.05) is 6.92 Å². The van der Waals surface area contributed by atoms with Gasteiger partial charge in [0.25, 0.3) is 0 Å². The molecule has 6 bridgehead atoms. The third-order valence-electron chi connectivity index (χ3n) is 7.60. The largest absolute Gasteiger partial charge is 0.392 e. The monoisotopic (exact) mass is 261 g/mol. The van der Waals surface area contributed by atoms with E-state index < -0.39 is 0 Å². The van der Waals surface area contributed by atoms with Crippen LogP contribution in [0.2, 0.25) is 0 Å². The zero-order chi connectivity index (χ0) is 13.0. The lowest BCUT2D eigenvalue weighted by atomic mass is 9.48. The molecule has 3 aliphatic carbocycles. The molecule has 0 amide bonds. The van der Waals surface area contributed by atoms with Crippen LogP contribution in [-0.2, 0) is 4.79 Å². The van der Waals surface area contributed by atoms with Crippen molar-refractivity contribution in [2.24, 2.45) is 29.1 Å². The number of rotatable bonds is 0. The van der Waals surface area contributed by atoms with Crippen LogP contribution in [0.4, 0.5) is 0 Å². The topological polar surface area (TPSA) is 40.5 Å². The fraction of sp³-hybridized carbons (Fsp3) is 0.938. The second-order valence-corrected chi connectivity index (χ2v) is 8.16. The molecule has 5 rings (SSSR count). The summed E-state index contributed by atoms with van der Waals surface area (Å²) in [6.07, 6.45) is 5.24. The van der Waals surface area contributed by atoms with E-state index in [2.05, 4.69) is 11.8 Å². The maximum atomic E-state index is 12.2. The summed E-state index contributed by atoms with van der Waals surface area (Å²) in [7, 11) is 0. The Morgan fingerprint density at radius 1 is 1.32 bits per heavy atom. The van der Waals surface area contributed by atoms with E-state index in [4.69, 9.17) is 0 Å². The second-order valence-electron chi connectivity index (χ2n) is 8.16.